The molecule has 2 heterocycles. The minimum Gasteiger partial charge on any atom is -0.393 e. The van der Waals surface area contributed by atoms with Gasteiger partial charge in [0.1, 0.15) is 17.2 Å². The molecule has 1 unspecified atom stereocenters. The molecule has 1 aliphatic carbocycles. The summed E-state index contributed by atoms with van der Waals surface area (Å²) >= 11 is 0. The van der Waals surface area contributed by atoms with Gasteiger partial charge in [-0.1, -0.05) is 12.2 Å². The fourth-order valence-electron chi connectivity index (χ4n) is 3.21. The first-order valence-electron chi connectivity index (χ1n) is 7.91. The second kappa shape index (κ2) is 5.83. The number of H-pyrrole nitrogens is 1. The summed E-state index contributed by atoms with van der Waals surface area (Å²) < 4.78 is 29.9. The molecule has 0 radical (unpaired) electrons. The molecule has 1 aromatic carbocycles. The van der Waals surface area contributed by atoms with Gasteiger partial charge in [0.15, 0.2) is 5.65 Å². The van der Waals surface area contributed by atoms with Crippen molar-refractivity contribution in [3.63, 3.8) is 0 Å². The van der Waals surface area contributed by atoms with Crippen molar-refractivity contribution in [3.8, 4) is 0 Å². The molecule has 8 heteroatoms. The predicted molar refractivity (Wildman–Crippen MR) is 93.7 cm³/mol. The SMILES string of the molecule is CN/C=C1\C=CC(c2c[nH]n3c2nc2cc(F)cc(C(N)=O)c23)C(F)=C1. The van der Waals surface area contributed by atoms with Crippen molar-refractivity contribution in [2.45, 2.75) is 5.92 Å². The zero-order chi connectivity index (χ0) is 18.4. The van der Waals surface area contributed by atoms with Gasteiger partial charge in [0.25, 0.3) is 5.91 Å². The summed E-state index contributed by atoms with van der Waals surface area (Å²) in [5.74, 6) is -2.35. The number of fused-ring (bicyclic) bond motifs is 3. The Morgan fingerprint density at radius 1 is 1.42 bits per heavy atom. The monoisotopic (exact) mass is 355 g/mol. The van der Waals surface area contributed by atoms with E-state index in [0.29, 0.717) is 22.3 Å². The lowest BCUT2D eigenvalue weighted by Crippen LogP contribution is -2.12. The second-order valence-electron chi connectivity index (χ2n) is 5.98. The minimum absolute atomic E-state index is 0.00957. The van der Waals surface area contributed by atoms with E-state index in [9.17, 15) is 13.6 Å². The molecule has 6 nitrogen and oxygen atoms in total. The average Bonchev–Trinajstić information content (AvgIpc) is 3.13. The van der Waals surface area contributed by atoms with Gasteiger partial charge in [-0.2, -0.15) is 0 Å². The Kier molecular flexibility index (Phi) is 3.61. The first-order valence-corrected chi connectivity index (χ1v) is 7.91. The van der Waals surface area contributed by atoms with E-state index in [1.54, 1.807) is 31.6 Å². The third-order valence-electron chi connectivity index (χ3n) is 4.32. The number of aromatic nitrogens is 3. The smallest absolute Gasteiger partial charge is 0.251 e. The highest BCUT2D eigenvalue weighted by molar-refractivity contribution is 6.05. The third-order valence-corrected chi connectivity index (χ3v) is 4.32. The van der Waals surface area contributed by atoms with Gasteiger partial charge < -0.3 is 11.1 Å². The van der Waals surface area contributed by atoms with Crippen LogP contribution in [-0.2, 0) is 0 Å². The Hall–Kier alpha value is -3.42. The highest BCUT2D eigenvalue weighted by Crippen LogP contribution is 2.35. The maximum atomic E-state index is 14.6. The molecule has 3 aromatic rings. The molecule has 132 valence electrons. The number of hydrogen-bond acceptors (Lipinski definition) is 3. The number of nitrogens with zero attached hydrogens (tertiary/aromatic N) is 2. The fourth-order valence-corrected chi connectivity index (χ4v) is 3.21. The maximum Gasteiger partial charge on any atom is 0.251 e. The molecule has 1 amide bonds. The molecule has 0 spiro atoms. The van der Waals surface area contributed by atoms with Crippen LogP contribution in [0, 0.1) is 5.82 Å². The highest BCUT2D eigenvalue weighted by Gasteiger charge is 2.24. The molecule has 0 fully saturated rings. The van der Waals surface area contributed by atoms with Crippen molar-refractivity contribution < 1.29 is 13.6 Å². The van der Waals surface area contributed by atoms with Crippen LogP contribution in [0.15, 0.2) is 54.2 Å². The summed E-state index contributed by atoms with van der Waals surface area (Å²) in [6.45, 7) is 0. The Bertz CT molecular complexity index is 1140. The van der Waals surface area contributed by atoms with E-state index in [-0.39, 0.29) is 16.9 Å². The summed E-state index contributed by atoms with van der Waals surface area (Å²) in [6, 6.07) is 2.28. The van der Waals surface area contributed by atoms with E-state index in [1.165, 1.54) is 16.7 Å². The number of amides is 1. The van der Waals surface area contributed by atoms with E-state index in [4.69, 9.17) is 5.73 Å². The highest BCUT2D eigenvalue weighted by atomic mass is 19.1. The Morgan fingerprint density at radius 2 is 2.23 bits per heavy atom. The van der Waals surface area contributed by atoms with Gasteiger partial charge in [-0.15, -0.1) is 0 Å². The molecule has 1 aliphatic rings. The van der Waals surface area contributed by atoms with Crippen LogP contribution in [0.2, 0.25) is 0 Å². The summed E-state index contributed by atoms with van der Waals surface area (Å²) in [5.41, 5.74) is 7.69. The molecule has 0 saturated heterocycles. The number of nitrogens with one attached hydrogen (secondary N) is 2. The molecule has 4 rings (SSSR count). The molecule has 0 bridgehead atoms. The number of rotatable bonds is 3. The summed E-state index contributed by atoms with van der Waals surface area (Å²) in [7, 11) is 1.74. The summed E-state index contributed by atoms with van der Waals surface area (Å²) in [4.78, 5) is 16.0. The summed E-state index contributed by atoms with van der Waals surface area (Å²) in [6.07, 6.45) is 8.25. The quantitative estimate of drug-likeness (QED) is 0.675. The number of carbonyl (C=O) groups excluding carboxylic acids is 1. The van der Waals surface area contributed by atoms with Gasteiger partial charge in [-0.05, 0) is 17.7 Å². The zero-order valence-electron chi connectivity index (χ0n) is 13.8. The van der Waals surface area contributed by atoms with Crippen LogP contribution in [0.5, 0.6) is 0 Å². The van der Waals surface area contributed by atoms with E-state index >= 15 is 0 Å². The van der Waals surface area contributed by atoms with Crippen molar-refractivity contribution in [1.29, 1.82) is 0 Å². The number of benzene rings is 1. The van der Waals surface area contributed by atoms with Gasteiger partial charge in [0.05, 0.1) is 17.0 Å². The Labute approximate surface area is 146 Å². The lowest BCUT2D eigenvalue weighted by molar-refractivity contribution is 0.100. The molecule has 0 saturated carbocycles. The van der Waals surface area contributed by atoms with Gasteiger partial charge in [-0.3, -0.25) is 9.89 Å². The van der Waals surface area contributed by atoms with Crippen LogP contribution in [0.4, 0.5) is 8.78 Å². The van der Waals surface area contributed by atoms with Crippen molar-refractivity contribution >= 4 is 22.6 Å². The number of nitrogens with two attached hydrogens (primary N) is 1. The van der Waals surface area contributed by atoms with Gasteiger partial charge in [-0.25, -0.2) is 18.3 Å². The van der Waals surface area contributed by atoms with Crippen LogP contribution in [-0.4, -0.2) is 27.6 Å². The normalized spacial score (nSPS) is 18.7. The first kappa shape index (κ1) is 16.1. The van der Waals surface area contributed by atoms with Crippen LogP contribution in [0.1, 0.15) is 21.8 Å². The maximum absolute atomic E-state index is 14.6. The number of halogens is 2. The number of primary amides is 1. The number of carbonyl (C=O) groups is 1. The van der Waals surface area contributed by atoms with Crippen LogP contribution in [0.3, 0.4) is 0 Å². The minimum atomic E-state index is -0.766. The number of imidazole rings is 1. The fraction of sp³-hybridized carbons (Fsp3) is 0.111. The zero-order valence-corrected chi connectivity index (χ0v) is 13.8. The summed E-state index contributed by atoms with van der Waals surface area (Å²) in [5, 5.41) is 5.80. The molecule has 2 aromatic heterocycles. The lowest BCUT2D eigenvalue weighted by atomic mass is 9.94. The molecule has 1 atom stereocenters. The largest absolute Gasteiger partial charge is 0.393 e. The van der Waals surface area contributed by atoms with Gasteiger partial charge in [0, 0.05) is 31.1 Å². The topological polar surface area (TPSA) is 88.2 Å². The molecule has 4 N–H and O–H groups in total. The third kappa shape index (κ3) is 2.38. The van der Waals surface area contributed by atoms with Crippen LogP contribution < -0.4 is 11.1 Å². The molecule has 26 heavy (non-hydrogen) atoms. The number of aromatic amines is 1. The van der Waals surface area contributed by atoms with Crippen molar-refractivity contribution in [3.05, 3.63) is 71.1 Å². The lowest BCUT2D eigenvalue weighted by Gasteiger charge is -2.13. The van der Waals surface area contributed by atoms with Crippen molar-refractivity contribution in [2.24, 2.45) is 5.73 Å². The molecular formula is C18H15F2N5O. The Balaban J connectivity index is 1.90. The van der Waals surface area contributed by atoms with E-state index in [0.717, 1.165) is 6.07 Å². The number of allylic oxidation sites excluding steroid dienone is 5. The van der Waals surface area contributed by atoms with Crippen molar-refractivity contribution in [2.75, 3.05) is 7.05 Å². The molecular weight excluding hydrogens is 340 g/mol. The van der Waals surface area contributed by atoms with Crippen molar-refractivity contribution in [1.82, 2.24) is 19.9 Å². The first-order chi connectivity index (χ1) is 12.5. The van der Waals surface area contributed by atoms with Gasteiger partial charge in [0.2, 0.25) is 0 Å². The van der Waals surface area contributed by atoms with Crippen LogP contribution >= 0.6 is 0 Å². The number of hydrogen-bond donors (Lipinski definition) is 3. The second-order valence-corrected chi connectivity index (χ2v) is 5.98. The van der Waals surface area contributed by atoms with Gasteiger partial charge >= 0.3 is 0 Å². The Morgan fingerprint density at radius 3 is 2.92 bits per heavy atom. The van der Waals surface area contributed by atoms with E-state index in [1.807, 2.05) is 0 Å². The van der Waals surface area contributed by atoms with E-state index < -0.39 is 17.6 Å². The van der Waals surface area contributed by atoms with E-state index in [2.05, 4.69) is 15.4 Å². The predicted octanol–water partition coefficient (Wildman–Crippen LogP) is 2.66. The molecule has 0 aliphatic heterocycles. The van der Waals surface area contributed by atoms with Crippen LogP contribution in [0.25, 0.3) is 16.7 Å². The average molecular weight is 355 g/mol. The standard InChI is InChI=1S/C18H15F2N5O/c1-22-7-9-2-3-11(14(20)4-9)13-8-23-25-16-12(17(21)26)5-10(19)6-15(16)24-18(13)25/h2-8,11,22-23H,1H3,(H2,21,26)/b9-7+.